The molecule has 2 N–H and O–H groups in total. The van der Waals surface area contributed by atoms with Crippen LogP contribution in [-0.4, -0.2) is 23.4 Å². The SMILES string of the molecule is C=CC(=C)C.OCCCCO. The van der Waals surface area contributed by atoms with Crippen LogP contribution in [0.4, 0.5) is 0 Å². The van der Waals surface area contributed by atoms with Gasteiger partial charge in [0.1, 0.15) is 0 Å². The molecule has 0 spiro atoms. The Bertz CT molecular complexity index is 93.7. The molecule has 0 aromatic rings. The van der Waals surface area contributed by atoms with Crippen molar-refractivity contribution in [1.82, 2.24) is 0 Å². The van der Waals surface area contributed by atoms with Gasteiger partial charge in [0.05, 0.1) is 0 Å². The Hall–Kier alpha value is -0.600. The topological polar surface area (TPSA) is 40.5 Å². The monoisotopic (exact) mass is 158 g/mol. The molecule has 0 aliphatic rings. The largest absolute Gasteiger partial charge is 0.396 e. The summed E-state index contributed by atoms with van der Waals surface area (Å²) in [7, 11) is 0. The molecule has 66 valence electrons. The predicted molar refractivity (Wildman–Crippen MR) is 48.4 cm³/mol. The lowest BCUT2D eigenvalue weighted by Crippen LogP contribution is -1.85. The first-order valence-corrected chi connectivity index (χ1v) is 3.68. The Balaban J connectivity index is 0. The first-order valence-electron chi connectivity index (χ1n) is 3.68. The van der Waals surface area contributed by atoms with E-state index in [1.54, 1.807) is 6.08 Å². The van der Waals surface area contributed by atoms with Crippen molar-refractivity contribution in [2.24, 2.45) is 0 Å². The summed E-state index contributed by atoms with van der Waals surface area (Å²) in [6, 6.07) is 0. The maximum Gasteiger partial charge on any atom is 0.0431 e. The molecule has 0 atom stereocenters. The molecule has 0 heterocycles. The van der Waals surface area contributed by atoms with Gasteiger partial charge in [-0.3, -0.25) is 0 Å². The molecule has 0 aromatic carbocycles. The minimum atomic E-state index is 0.195. The molecule has 0 aliphatic carbocycles. The normalized spacial score (nSPS) is 7.91. The first kappa shape index (κ1) is 13.0. The zero-order valence-corrected chi connectivity index (χ0v) is 7.21. The third-order valence-electron chi connectivity index (χ3n) is 0.915. The zero-order valence-electron chi connectivity index (χ0n) is 7.21. The van der Waals surface area contributed by atoms with Crippen LogP contribution in [0.5, 0.6) is 0 Å². The van der Waals surface area contributed by atoms with Crippen molar-refractivity contribution in [2.75, 3.05) is 13.2 Å². The fraction of sp³-hybridized carbons (Fsp3) is 0.556. The van der Waals surface area contributed by atoms with Crippen LogP contribution in [0, 0.1) is 0 Å². The second kappa shape index (κ2) is 12.1. The van der Waals surface area contributed by atoms with Crippen molar-refractivity contribution < 1.29 is 10.2 Å². The van der Waals surface area contributed by atoms with E-state index in [1.807, 2.05) is 6.92 Å². The lowest BCUT2D eigenvalue weighted by molar-refractivity contribution is 0.242. The number of rotatable bonds is 4. The number of allylic oxidation sites excluding steroid dienone is 2. The first-order chi connectivity index (χ1) is 5.18. The van der Waals surface area contributed by atoms with Gasteiger partial charge in [-0.2, -0.15) is 0 Å². The van der Waals surface area contributed by atoms with Crippen LogP contribution in [0.1, 0.15) is 19.8 Å². The lowest BCUT2D eigenvalue weighted by atomic mass is 10.3. The van der Waals surface area contributed by atoms with Crippen LogP contribution in [0.25, 0.3) is 0 Å². The summed E-state index contributed by atoms with van der Waals surface area (Å²) < 4.78 is 0. The van der Waals surface area contributed by atoms with Gasteiger partial charge in [0.25, 0.3) is 0 Å². The summed E-state index contributed by atoms with van der Waals surface area (Å²) in [6.07, 6.45) is 3.16. The number of aliphatic hydroxyl groups excluding tert-OH is 2. The van der Waals surface area contributed by atoms with Gasteiger partial charge >= 0.3 is 0 Å². The molecule has 0 aliphatic heterocycles. The van der Waals surface area contributed by atoms with Crippen LogP contribution in [0.2, 0.25) is 0 Å². The van der Waals surface area contributed by atoms with Gasteiger partial charge in [-0.15, -0.1) is 0 Å². The maximum atomic E-state index is 8.09. The van der Waals surface area contributed by atoms with Gasteiger partial charge in [0, 0.05) is 13.2 Å². The summed E-state index contributed by atoms with van der Waals surface area (Å²) in [6.45, 7) is 9.32. The number of aliphatic hydroxyl groups is 2. The van der Waals surface area contributed by atoms with Crippen molar-refractivity contribution >= 4 is 0 Å². The third kappa shape index (κ3) is 26.6. The van der Waals surface area contributed by atoms with E-state index in [1.165, 1.54) is 0 Å². The van der Waals surface area contributed by atoms with Gasteiger partial charge in [0.15, 0.2) is 0 Å². The Labute approximate surface area is 68.9 Å². The van der Waals surface area contributed by atoms with Gasteiger partial charge in [0.2, 0.25) is 0 Å². The van der Waals surface area contributed by atoms with Crippen molar-refractivity contribution in [3.05, 3.63) is 24.8 Å². The highest BCUT2D eigenvalue weighted by atomic mass is 16.3. The standard InChI is InChI=1S/C5H8.C4H10O2/c1-4-5(2)3;5-3-1-2-4-6/h4H,1-2H2,3H3;5-6H,1-4H2. The molecule has 0 aromatic heterocycles. The van der Waals surface area contributed by atoms with Crippen LogP contribution < -0.4 is 0 Å². The molecular formula is C9H18O2. The average molecular weight is 158 g/mol. The minimum absolute atomic E-state index is 0.195. The Morgan fingerprint density at radius 1 is 1.27 bits per heavy atom. The summed E-state index contributed by atoms with van der Waals surface area (Å²) in [4.78, 5) is 0. The van der Waals surface area contributed by atoms with E-state index < -0.39 is 0 Å². The highest BCUT2D eigenvalue weighted by molar-refractivity contribution is 5.05. The molecule has 2 nitrogen and oxygen atoms in total. The van der Waals surface area contributed by atoms with Crippen molar-refractivity contribution in [1.29, 1.82) is 0 Å². The minimum Gasteiger partial charge on any atom is -0.396 e. The van der Waals surface area contributed by atoms with Crippen LogP contribution in [-0.2, 0) is 0 Å². The molecule has 0 fully saturated rings. The molecule has 0 bridgehead atoms. The van der Waals surface area contributed by atoms with E-state index in [-0.39, 0.29) is 13.2 Å². The van der Waals surface area contributed by atoms with E-state index >= 15 is 0 Å². The van der Waals surface area contributed by atoms with Crippen LogP contribution in [0.15, 0.2) is 24.8 Å². The molecule has 0 saturated carbocycles. The van der Waals surface area contributed by atoms with Crippen LogP contribution >= 0.6 is 0 Å². The number of hydrogen-bond acceptors (Lipinski definition) is 2. The predicted octanol–water partition coefficient (Wildman–Crippen LogP) is 1.50. The summed E-state index contributed by atoms with van der Waals surface area (Å²) in [5.41, 5.74) is 1.02. The molecular weight excluding hydrogens is 140 g/mol. The Kier molecular flexibility index (Phi) is 14.3. The van der Waals surface area contributed by atoms with E-state index in [4.69, 9.17) is 10.2 Å². The van der Waals surface area contributed by atoms with Gasteiger partial charge < -0.3 is 10.2 Å². The van der Waals surface area contributed by atoms with Crippen LogP contribution in [0.3, 0.4) is 0 Å². The van der Waals surface area contributed by atoms with Crippen molar-refractivity contribution in [3.8, 4) is 0 Å². The zero-order chi connectivity index (χ0) is 9.11. The smallest absolute Gasteiger partial charge is 0.0431 e. The molecule has 0 saturated heterocycles. The number of hydrogen-bond donors (Lipinski definition) is 2. The third-order valence-corrected chi connectivity index (χ3v) is 0.915. The maximum absolute atomic E-state index is 8.09. The van der Waals surface area contributed by atoms with E-state index in [0.29, 0.717) is 0 Å². The van der Waals surface area contributed by atoms with Crippen molar-refractivity contribution in [3.63, 3.8) is 0 Å². The Morgan fingerprint density at radius 3 is 1.64 bits per heavy atom. The van der Waals surface area contributed by atoms with E-state index in [9.17, 15) is 0 Å². The second-order valence-electron chi connectivity index (χ2n) is 2.20. The Morgan fingerprint density at radius 2 is 1.55 bits per heavy atom. The molecule has 2 heteroatoms. The molecule has 0 unspecified atom stereocenters. The van der Waals surface area contributed by atoms with Gasteiger partial charge in [-0.1, -0.05) is 24.8 Å². The summed E-state index contributed by atoms with van der Waals surface area (Å²) in [5, 5.41) is 16.2. The molecule has 0 radical (unpaired) electrons. The summed E-state index contributed by atoms with van der Waals surface area (Å²) >= 11 is 0. The fourth-order valence-electron chi connectivity index (χ4n) is 0.224. The fourth-order valence-corrected chi connectivity index (χ4v) is 0.224. The van der Waals surface area contributed by atoms with Gasteiger partial charge in [-0.05, 0) is 19.8 Å². The van der Waals surface area contributed by atoms with E-state index in [0.717, 1.165) is 18.4 Å². The van der Waals surface area contributed by atoms with Gasteiger partial charge in [-0.25, -0.2) is 0 Å². The second-order valence-corrected chi connectivity index (χ2v) is 2.20. The summed E-state index contributed by atoms with van der Waals surface area (Å²) in [5.74, 6) is 0. The molecule has 0 amide bonds. The molecule has 11 heavy (non-hydrogen) atoms. The number of unbranched alkanes of at least 4 members (excludes halogenated alkanes) is 1. The van der Waals surface area contributed by atoms with Crippen molar-refractivity contribution in [2.45, 2.75) is 19.8 Å². The highest BCUT2D eigenvalue weighted by Gasteiger charge is 1.77. The molecule has 0 rings (SSSR count). The quantitative estimate of drug-likeness (QED) is 0.481. The highest BCUT2D eigenvalue weighted by Crippen LogP contribution is 1.81. The lowest BCUT2D eigenvalue weighted by Gasteiger charge is -1.85. The van der Waals surface area contributed by atoms with E-state index in [2.05, 4.69) is 13.2 Å². The average Bonchev–Trinajstić information content (AvgIpc) is 2.02.